The standard InChI is InChI=1S/C26H36O4/c1-4-5-6-7-8-9-10-18-30-25-17-16-24(27)20-23(25)15-14-21(2)12-11-13-22(3)19-26(28)29/h11-17,19-20,27H,4-10,18H2,1-3H3,(H,28,29)/b13-11+,15-14+,21-12+,22-19+. The lowest BCUT2D eigenvalue weighted by molar-refractivity contribution is -0.131. The second kappa shape index (κ2) is 15.1. The van der Waals surface area contributed by atoms with Gasteiger partial charge < -0.3 is 14.9 Å². The molecule has 0 saturated heterocycles. The molecule has 1 rings (SSSR count). The number of hydrogen-bond acceptors (Lipinski definition) is 3. The van der Waals surface area contributed by atoms with Crippen molar-refractivity contribution < 1.29 is 19.7 Å². The Labute approximate surface area is 181 Å². The second-order valence-corrected chi connectivity index (χ2v) is 7.52. The molecule has 4 nitrogen and oxygen atoms in total. The summed E-state index contributed by atoms with van der Waals surface area (Å²) in [5.41, 5.74) is 2.50. The van der Waals surface area contributed by atoms with E-state index in [1.165, 1.54) is 38.5 Å². The number of phenols is 1. The van der Waals surface area contributed by atoms with Crippen molar-refractivity contribution in [2.24, 2.45) is 0 Å². The predicted octanol–water partition coefficient (Wildman–Crippen LogP) is 7.07. The predicted molar refractivity (Wildman–Crippen MR) is 125 cm³/mol. The molecule has 4 heteroatoms. The van der Waals surface area contributed by atoms with Gasteiger partial charge in [-0.2, -0.15) is 0 Å². The third-order valence-electron chi connectivity index (χ3n) is 4.59. The van der Waals surface area contributed by atoms with E-state index in [1.807, 2.05) is 31.2 Å². The van der Waals surface area contributed by atoms with Crippen molar-refractivity contribution in [3.05, 3.63) is 65.3 Å². The van der Waals surface area contributed by atoms with Crippen molar-refractivity contribution in [3.8, 4) is 11.5 Å². The summed E-state index contributed by atoms with van der Waals surface area (Å²) in [5.74, 6) is 0.0122. The van der Waals surface area contributed by atoms with Gasteiger partial charge >= 0.3 is 5.97 Å². The molecule has 0 aromatic heterocycles. The molecular weight excluding hydrogens is 376 g/mol. The van der Waals surface area contributed by atoms with E-state index < -0.39 is 5.97 Å². The molecule has 1 aromatic carbocycles. The third-order valence-corrected chi connectivity index (χ3v) is 4.59. The third kappa shape index (κ3) is 11.9. The maximum atomic E-state index is 10.6. The minimum Gasteiger partial charge on any atom is -0.508 e. The second-order valence-electron chi connectivity index (χ2n) is 7.52. The van der Waals surface area contributed by atoms with E-state index >= 15 is 0 Å². The molecule has 0 aliphatic heterocycles. The van der Waals surface area contributed by atoms with Gasteiger partial charge in [-0.1, -0.05) is 81.4 Å². The molecule has 0 heterocycles. The molecule has 1 aromatic rings. The number of aliphatic carboxylic acids is 1. The molecule has 0 bridgehead atoms. The number of aromatic hydroxyl groups is 1. The van der Waals surface area contributed by atoms with Gasteiger partial charge in [-0.25, -0.2) is 4.79 Å². The van der Waals surface area contributed by atoms with Crippen molar-refractivity contribution >= 4 is 12.0 Å². The molecule has 0 radical (unpaired) electrons. The number of carboxylic acids is 1. The van der Waals surface area contributed by atoms with Gasteiger partial charge in [0, 0.05) is 11.6 Å². The molecule has 2 N–H and O–H groups in total. The maximum absolute atomic E-state index is 10.6. The monoisotopic (exact) mass is 412 g/mol. The van der Waals surface area contributed by atoms with E-state index in [9.17, 15) is 9.90 Å². The fourth-order valence-corrected chi connectivity index (χ4v) is 2.91. The number of hydrogen-bond donors (Lipinski definition) is 2. The summed E-state index contributed by atoms with van der Waals surface area (Å²) in [6.07, 6.45) is 19.2. The molecule has 0 aliphatic rings. The molecule has 0 fully saturated rings. The van der Waals surface area contributed by atoms with Crippen LogP contribution in [0.5, 0.6) is 11.5 Å². The number of rotatable bonds is 14. The topological polar surface area (TPSA) is 66.8 Å². The fraction of sp³-hybridized carbons (Fsp3) is 0.423. The molecule has 0 amide bonds. The summed E-state index contributed by atoms with van der Waals surface area (Å²) in [6, 6.07) is 5.13. The average Bonchev–Trinajstić information content (AvgIpc) is 2.69. The lowest BCUT2D eigenvalue weighted by atomic mass is 10.1. The van der Waals surface area contributed by atoms with Gasteiger partial charge in [0.2, 0.25) is 0 Å². The summed E-state index contributed by atoms with van der Waals surface area (Å²) >= 11 is 0. The molecule has 30 heavy (non-hydrogen) atoms. The Morgan fingerprint density at radius 1 is 1.00 bits per heavy atom. The normalized spacial score (nSPS) is 12.8. The Morgan fingerprint density at radius 2 is 1.70 bits per heavy atom. The first-order valence-corrected chi connectivity index (χ1v) is 10.8. The minimum atomic E-state index is -0.953. The molecule has 0 aliphatic carbocycles. The zero-order chi connectivity index (χ0) is 22.2. The number of unbranched alkanes of at least 4 members (excludes halogenated alkanes) is 6. The van der Waals surface area contributed by atoms with Gasteiger partial charge in [-0.3, -0.25) is 0 Å². The molecule has 0 atom stereocenters. The van der Waals surface area contributed by atoms with Crippen LogP contribution in [-0.4, -0.2) is 22.8 Å². The van der Waals surface area contributed by atoms with Gasteiger partial charge in [0.05, 0.1) is 6.61 Å². The lowest BCUT2D eigenvalue weighted by Crippen LogP contribution is -1.98. The van der Waals surface area contributed by atoms with Gasteiger partial charge in [-0.15, -0.1) is 0 Å². The summed E-state index contributed by atoms with van der Waals surface area (Å²) in [5, 5.41) is 18.5. The smallest absolute Gasteiger partial charge is 0.328 e. The Balaban J connectivity index is 2.60. The van der Waals surface area contributed by atoms with Crippen LogP contribution in [0.15, 0.2) is 59.7 Å². The van der Waals surface area contributed by atoms with Crippen LogP contribution < -0.4 is 4.74 Å². The van der Waals surface area contributed by atoms with Gasteiger partial charge in [-0.05, 0) is 44.0 Å². The first-order valence-electron chi connectivity index (χ1n) is 10.8. The van der Waals surface area contributed by atoms with Crippen LogP contribution in [-0.2, 0) is 4.79 Å². The molecular formula is C26H36O4. The number of allylic oxidation sites excluding steroid dienone is 6. The maximum Gasteiger partial charge on any atom is 0.328 e. The lowest BCUT2D eigenvalue weighted by Gasteiger charge is -2.10. The van der Waals surface area contributed by atoms with Crippen LogP contribution in [0.1, 0.15) is 71.3 Å². The first kappa shape index (κ1) is 25.3. The largest absolute Gasteiger partial charge is 0.508 e. The van der Waals surface area contributed by atoms with Crippen molar-refractivity contribution in [2.45, 2.75) is 65.7 Å². The Hall–Kier alpha value is -2.75. The highest BCUT2D eigenvalue weighted by molar-refractivity contribution is 5.81. The zero-order valence-electron chi connectivity index (χ0n) is 18.6. The van der Waals surface area contributed by atoms with Crippen molar-refractivity contribution in [1.29, 1.82) is 0 Å². The molecule has 164 valence electrons. The van der Waals surface area contributed by atoms with E-state index in [0.717, 1.165) is 29.4 Å². The SMILES string of the molecule is CCCCCCCCCOc1ccc(O)cc1/C=C/C(C)=C/C=C/C(C)=C/C(=O)O. The minimum absolute atomic E-state index is 0.203. The summed E-state index contributed by atoms with van der Waals surface area (Å²) < 4.78 is 5.94. The zero-order valence-corrected chi connectivity index (χ0v) is 18.6. The summed E-state index contributed by atoms with van der Waals surface area (Å²) in [6.45, 7) is 6.60. The van der Waals surface area contributed by atoms with E-state index in [1.54, 1.807) is 31.2 Å². The summed E-state index contributed by atoms with van der Waals surface area (Å²) in [4.78, 5) is 10.6. The number of phenolic OH excluding ortho intramolecular Hbond substituents is 1. The molecule has 0 unspecified atom stereocenters. The van der Waals surface area contributed by atoms with Crippen molar-refractivity contribution in [2.75, 3.05) is 6.61 Å². The Morgan fingerprint density at radius 3 is 2.40 bits per heavy atom. The highest BCUT2D eigenvalue weighted by Crippen LogP contribution is 2.25. The first-order chi connectivity index (χ1) is 14.4. The van der Waals surface area contributed by atoms with E-state index in [2.05, 4.69) is 6.92 Å². The van der Waals surface area contributed by atoms with Crippen LogP contribution in [0.2, 0.25) is 0 Å². The van der Waals surface area contributed by atoms with Gasteiger partial charge in [0.1, 0.15) is 11.5 Å². The number of carbonyl (C=O) groups is 1. The van der Waals surface area contributed by atoms with E-state index in [4.69, 9.17) is 9.84 Å². The Bertz CT molecular complexity index is 769. The quantitative estimate of drug-likeness (QED) is 0.195. The fourth-order valence-electron chi connectivity index (χ4n) is 2.91. The van der Waals surface area contributed by atoms with E-state index in [-0.39, 0.29) is 5.75 Å². The summed E-state index contributed by atoms with van der Waals surface area (Å²) in [7, 11) is 0. The van der Waals surface area contributed by atoms with E-state index in [0.29, 0.717) is 12.2 Å². The molecule has 0 saturated carbocycles. The Kier molecular flexibility index (Phi) is 12.8. The van der Waals surface area contributed by atoms with Crippen molar-refractivity contribution in [1.82, 2.24) is 0 Å². The highest BCUT2D eigenvalue weighted by atomic mass is 16.5. The van der Waals surface area contributed by atoms with Gasteiger partial charge in [0.25, 0.3) is 0 Å². The molecule has 0 spiro atoms. The van der Waals surface area contributed by atoms with Crippen LogP contribution in [0.25, 0.3) is 6.08 Å². The highest BCUT2D eigenvalue weighted by Gasteiger charge is 2.03. The van der Waals surface area contributed by atoms with Crippen LogP contribution in [0.3, 0.4) is 0 Å². The van der Waals surface area contributed by atoms with Crippen LogP contribution in [0, 0.1) is 0 Å². The van der Waals surface area contributed by atoms with Crippen LogP contribution >= 0.6 is 0 Å². The number of carboxylic acid groups (broad SMARTS) is 1. The van der Waals surface area contributed by atoms with Crippen molar-refractivity contribution in [3.63, 3.8) is 0 Å². The number of benzene rings is 1. The number of ether oxygens (including phenoxy) is 1. The van der Waals surface area contributed by atoms with Crippen LogP contribution in [0.4, 0.5) is 0 Å². The van der Waals surface area contributed by atoms with Gasteiger partial charge in [0.15, 0.2) is 0 Å². The average molecular weight is 413 g/mol.